The molecule has 0 bridgehead atoms. The van der Waals surface area contributed by atoms with E-state index in [-0.39, 0.29) is 34.6 Å². The fraction of sp³-hybridized carbons (Fsp3) is 0.278. The molecule has 0 saturated carbocycles. The molecule has 0 aliphatic carbocycles. The number of rotatable bonds is 7. The van der Waals surface area contributed by atoms with Gasteiger partial charge < -0.3 is 15.4 Å². The first kappa shape index (κ1) is 26.0. The Labute approximate surface area is 190 Å². The number of hydrogen-bond donors (Lipinski definition) is 3. The fourth-order valence-corrected chi connectivity index (χ4v) is 2.88. The van der Waals surface area contributed by atoms with Crippen molar-refractivity contribution in [3.63, 3.8) is 0 Å². The van der Waals surface area contributed by atoms with Crippen molar-refractivity contribution in [2.75, 3.05) is 13.7 Å². The zero-order valence-corrected chi connectivity index (χ0v) is 19.1. The molecule has 0 spiro atoms. The van der Waals surface area contributed by atoms with Crippen LogP contribution in [0.4, 0.5) is 13.2 Å². The first-order valence-corrected chi connectivity index (χ1v) is 9.96. The molecule has 0 aromatic heterocycles. The van der Waals surface area contributed by atoms with E-state index in [1.165, 1.54) is 24.3 Å². The van der Waals surface area contributed by atoms with E-state index >= 15 is 0 Å². The summed E-state index contributed by atoms with van der Waals surface area (Å²) in [7, 11) is -2.20. The van der Waals surface area contributed by atoms with Gasteiger partial charge in [0.15, 0.2) is 12.6 Å². The molecular formula is C18H22F3IN4O3S. The van der Waals surface area contributed by atoms with E-state index in [0.717, 1.165) is 5.56 Å². The van der Waals surface area contributed by atoms with E-state index in [4.69, 9.17) is 5.14 Å². The summed E-state index contributed by atoms with van der Waals surface area (Å²) >= 11 is 0. The van der Waals surface area contributed by atoms with Crippen LogP contribution >= 0.6 is 24.0 Å². The van der Waals surface area contributed by atoms with E-state index in [1.807, 2.05) is 0 Å². The third-order valence-electron chi connectivity index (χ3n) is 3.70. The van der Waals surface area contributed by atoms with Crippen LogP contribution in [0.1, 0.15) is 11.1 Å². The van der Waals surface area contributed by atoms with E-state index in [1.54, 1.807) is 31.3 Å². The Kier molecular flexibility index (Phi) is 9.84. The zero-order valence-electron chi connectivity index (χ0n) is 15.9. The predicted octanol–water partition coefficient (Wildman–Crippen LogP) is 2.76. The highest BCUT2D eigenvalue weighted by Gasteiger charge is 2.28. The molecule has 0 radical (unpaired) electrons. The van der Waals surface area contributed by atoms with Gasteiger partial charge in [-0.3, -0.25) is 4.99 Å². The van der Waals surface area contributed by atoms with Crippen LogP contribution in [0.5, 0.6) is 5.75 Å². The monoisotopic (exact) mass is 558 g/mol. The van der Waals surface area contributed by atoms with E-state index in [0.29, 0.717) is 24.6 Å². The number of nitrogens with one attached hydrogen (secondary N) is 2. The molecule has 166 valence electrons. The van der Waals surface area contributed by atoms with Crippen molar-refractivity contribution in [1.29, 1.82) is 0 Å². The minimum Gasteiger partial charge on any atom is -0.484 e. The summed E-state index contributed by atoms with van der Waals surface area (Å²) in [4.78, 5) is 4.09. The molecule has 0 aliphatic heterocycles. The molecule has 0 fully saturated rings. The van der Waals surface area contributed by atoms with Gasteiger partial charge in [-0.05, 0) is 35.4 Å². The Hall–Kier alpha value is -2.06. The van der Waals surface area contributed by atoms with Crippen LogP contribution in [0.15, 0.2) is 58.4 Å². The molecule has 0 heterocycles. The van der Waals surface area contributed by atoms with Gasteiger partial charge in [-0.2, -0.15) is 13.2 Å². The highest BCUT2D eigenvalue weighted by molar-refractivity contribution is 14.0. The van der Waals surface area contributed by atoms with Crippen LogP contribution in [0, 0.1) is 0 Å². The highest BCUT2D eigenvalue weighted by Crippen LogP contribution is 2.18. The minimum atomic E-state index is -4.38. The maximum Gasteiger partial charge on any atom is 0.422 e. The molecule has 2 rings (SSSR count). The van der Waals surface area contributed by atoms with E-state index < -0.39 is 22.8 Å². The lowest BCUT2D eigenvalue weighted by atomic mass is 10.2. The number of hydrogen-bond acceptors (Lipinski definition) is 4. The summed E-state index contributed by atoms with van der Waals surface area (Å²) in [6.07, 6.45) is -4.38. The summed E-state index contributed by atoms with van der Waals surface area (Å²) in [6.45, 7) is -0.655. The number of ether oxygens (including phenoxy) is 1. The van der Waals surface area contributed by atoms with Gasteiger partial charge in [-0.1, -0.05) is 24.3 Å². The molecule has 7 nitrogen and oxygen atoms in total. The average molecular weight is 558 g/mol. The number of nitrogens with two attached hydrogens (primary N) is 1. The molecule has 0 aliphatic rings. The van der Waals surface area contributed by atoms with Gasteiger partial charge in [0.2, 0.25) is 10.0 Å². The van der Waals surface area contributed by atoms with Crippen LogP contribution in [-0.4, -0.2) is 34.2 Å². The molecule has 0 saturated heterocycles. The molecule has 12 heteroatoms. The van der Waals surface area contributed by atoms with Crippen molar-refractivity contribution in [2.24, 2.45) is 10.1 Å². The quantitative estimate of drug-likeness (QED) is 0.276. The number of primary sulfonamides is 1. The van der Waals surface area contributed by atoms with Crippen molar-refractivity contribution in [3.8, 4) is 5.75 Å². The average Bonchev–Trinajstić information content (AvgIpc) is 2.66. The summed E-state index contributed by atoms with van der Waals surface area (Å²) in [6, 6.07) is 12.4. The summed E-state index contributed by atoms with van der Waals surface area (Å²) in [5, 5.41) is 11.2. The van der Waals surface area contributed by atoms with Crippen molar-refractivity contribution >= 4 is 40.0 Å². The van der Waals surface area contributed by atoms with Crippen LogP contribution in [0.2, 0.25) is 0 Å². The molecule has 2 aromatic carbocycles. The van der Waals surface area contributed by atoms with Gasteiger partial charge >= 0.3 is 6.18 Å². The number of guanidine groups is 1. The fourth-order valence-electron chi connectivity index (χ4n) is 2.29. The topological polar surface area (TPSA) is 106 Å². The Balaban J connectivity index is 0.00000450. The summed E-state index contributed by atoms with van der Waals surface area (Å²) in [5.74, 6) is 0.590. The third-order valence-corrected chi connectivity index (χ3v) is 4.61. The van der Waals surface area contributed by atoms with Gasteiger partial charge in [-0.25, -0.2) is 13.6 Å². The van der Waals surface area contributed by atoms with Crippen LogP contribution in [0.3, 0.4) is 0 Å². The molecule has 0 amide bonds. The Bertz CT molecular complexity index is 952. The molecule has 2 aromatic rings. The predicted molar refractivity (Wildman–Crippen MR) is 118 cm³/mol. The molecule has 4 N–H and O–H groups in total. The minimum absolute atomic E-state index is 0. The van der Waals surface area contributed by atoms with Gasteiger partial charge in [0.25, 0.3) is 0 Å². The van der Waals surface area contributed by atoms with Crippen LogP contribution in [0.25, 0.3) is 0 Å². The van der Waals surface area contributed by atoms with Gasteiger partial charge in [0.05, 0.1) is 4.90 Å². The molecule has 0 unspecified atom stereocenters. The number of alkyl halides is 3. The second kappa shape index (κ2) is 11.4. The first-order chi connectivity index (χ1) is 13.6. The lowest BCUT2D eigenvalue weighted by molar-refractivity contribution is -0.153. The maximum absolute atomic E-state index is 12.2. The highest BCUT2D eigenvalue weighted by atomic mass is 127. The second-order valence-corrected chi connectivity index (χ2v) is 7.58. The van der Waals surface area contributed by atoms with Crippen LogP contribution < -0.4 is 20.5 Å². The number of aliphatic imine (C=N–C) groups is 1. The number of halogens is 4. The number of sulfonamides is 1. The van der Waals surface area contributed by atoms with Crippen molar-refractivity contribution < 1.29 is 26.3 Å². The largest absolute Gasteiger partial charge is 0.484 e. The maximum atomic E-state index is 12.2. The zero-order chi connectivity index (χ0) is 21.5. The lowest BCUT2D eigenvalue weighted by Crippen LogP contribution is -2.36. The lowest BCUT2D eigenvalue weighted by Gasteiger charge is -2.13. The SMILES string of the molecule is CN=C(NCc1ccc(OCC(F)(F)F)cc1)NCc1cccc(S(N)(=O)=O)c1.I. The van der Waals surface area contributed by atoms with Crippen molar-refractivity contribution in [1.82, 2.24) is 10.6 Å². The molecule has 0 atom stereocenters. The smallest absolute Gasteiger partial charge is 0.422 e. The first-order valence-electron chi connectivity index (χ1n) is 8.41. The van der Waals surface area contributed by atoms with Gasteiger partial charge in [0, 0.05) is 20.1 Å². The normalized spacial score (nSPS) is 12.1. The van der Waals surface area contributed by atoms with E-state index in [2.05, 4.69) is 20.4 Å². The molecule has 30 heavy (non-hydrogen) atoms. The number of benzene rings is 2. The van der Waals surface area contributed by atoms with Crippen LogP contribution in [-0.2, 0) is 23.1 Å². The summed E-state index contributed by atoms with van der Waals surface area (Å²) in [5.41, 5.74) is 1.51. The Morgan fingerprint density at radius 1 is 1.07 bits per heavy atom. The van der Waals surface area contributed by atoms with E-state index in [9.17, 15) is 21.6 Å². The Morgan fingerprint density at radius 3 is 2.20 bits per heavy atom. The molecular weight excluding hydrogens is 536 g/mol. The Morgan fingerprint density at radius 2 is 1.67 bits per heavy atom. The summed E-state index contributed by atoms with van der Waals surface area (Å²) < 4.78 is 63.9. The van der Waals surface area contributed by atoms with Crippen molar-refractivity contribution in [2.45, 2.75) is 24.2 Å². The van der Waals surface area contributed by atoms with Gasteiger partial charge in [-0.15, -0.1) is 24.0 Å². The third kappa shape index (κ3) is 9.17. The second-order valence-electron chi connectivity index (χ2n) is 6.02. The van der Waals surface area contributed by atoms with Gasteiger partial charge in [0.1, 0.15) is 5.75 Å². The standard InChI is InChI=1S/C18H21F3N4O3S.HI/c1-23-17(25-11-14-3-2-4-16(9-14)29(22,26)27)24-10-13-5-7-15(8-6-13)28-12-18(19,20)21;/h2-9H,10-12H2,1H3,(H2,22,26,27)(H2,23,24,25);1H. The number of nitrogens with zero attached hydrogens (tertiary/aromatic N) is 1. The van der Waals surface area contributed by atoms with Crippen molar-refractivity contribution in [3.05, 3.63) is 59.7 Å².